The number of carbonyl (C=O) groups is 2. The van der Waals surface area contributed by atoms with E-state index in [2.05, 4.69) is 10.6 Å². The first-order chi connectivity index (χ1) is 13.6. The van der Waals surface area contributed by atoms with E-state index < -0.39 is 0 Å². The number of urea groups is 1. The molecule has 0 heterocycles. The molecule has 2 aromatic carbocycles. The maximum Gasteiger partial charge on any atom is 0.319 e. The zero-order valence-electron chi connectivity index (χ0n) is 16.1. The second kappa shape index (κ2) is 9.12. The highest BCUT2D eigenvalue weighted by atomic mass is 16.5. The van der Waals surface area contributed by atoms with E-state index in [1.54, 1.807) is 43.3 Å². The summed E-state index contributed by atoms with van der Waals surface area (Å²) in [4.78, 5) is 25.9. The maximum atomic E-state index is 12.5. The maximum absolute atomic E-state index is 12.5. The molecular formula is C21H25N3O4. The number of carbonyl (C=O) groups excluding carboxylic acids is 2. The van der Waals surface area contributed by atoms with Gasteiger partial charge in [-0.2, -0.15) is 0 Å². The molecule has 1 fully saturated rings. The predicted molar refractivity (Wildman–Crippen MR) is 107 cm³/mol. The predicted octanol–water partition coefficient (Wildman–Crippen LogP) is 3.13. The van der Waals surface area contributed by atoms with Crippen LogP contribution in [-0.4, -0.2) is 50.2 Å². The van der Waals surface area contributed by atoms with Crippen LogP contribution in [0.15, 0.2) is 48.5 Å². The van der Waals surface area contributed by atoms with E-state index in [0.717, 1.165) is 12.8 Å². The van der Waals surface area contributed by atoms with Gasteiger partial charge in [0.25, 0.3) is 5.91 Å². The normalized spacial score (nSPS) is 12.8. The third kappa shape index (κ3) is 5.39. The third-order valence-corrected chi connectivity index (χ3v) is 4.40. The van der Waals surface area contributed by atoms with Crippen molar-refractivity contribution in [1.82, 2.24) is 10.2 Å². The summed E-state index contributed by atoms with van der Waals surface area (Å²) in [5.74, 6) is 1.19. The molecule has 0 spiro atoms. The van der Waals surface area contributed by atoms with Crippen LogP contribution in [-0.2, 0) is 0 Å². The monoisotopic (exact) mass is 383 g/mol. The molecule has 1 saturated carbocycles. The van der Waals surface area contributed by atoms with Crippen LogP contribution in [0.25, 0.3) is 0 Å². The lowest BCUT2D eigenvalue weighted by Crippen LogP contribution is -2.31. The van der Waals surface area contributed by atoms with Crippen LogP contribution in [0.3, 0.4) is 0 Å². The first-order valence-corrected chi connectivity index (χ1v) is 9.25. The van der Waals surface area contributed by atoms with E-state index >= 15 is 0 Å². The Morgan fingerprint density at radius 1 is 1.07 bits per heavy atom. The zero-order chi connectivity index (χ0) is 19.9. The molecule has 28 heavy (non-hydrogen) atoms. The lowest BCUT2D eigenvalue weighted by Gasteiger charge is -2.18. The number of methoxy groups -OCH3 is 1. The molecule has 0 saturated heterocycles. The van der Waals surface area contributed by atoms with Crippen molar-refractivity contribution < 1.29 is 19.1 Å². The van der Waals surface area contributed by atoms with Gasteiger partial charge in [-0.3, -0.25) is 4.79 Å². The summed E-state index contributed by atoms with van der Waals surface area (Å²) in [5, 5.41) is 5.62. The van der Waals surface area contributed by atoms with Gasteiger partial charge in [-0.15, -0.1) is 0 Å². The summed E-state index contributed by atoms with van der Waals surface area (Å²) in [6.07, 6.45) is 2.07. The van der Waals surface area contributed by atoms with Crippen LogP contribution in [0.4, 0.5) is 10.5 Å². The molecule has 2 aromatic rings. The SMILES string of the molecule is COc1ccccc1OCCN(C)C(=O)c1ccc(NC(=O)NC2CC2)cc1. The Hall–Kier alpha value is -3.22. The molecule has 7 nitrogen and oxygen atoms in total. The van der Waals surface area contributed by atoms with Crippen molar-refractivity contribution >= 4 is 17.6 Å². The lowest BCUT2D eigenvalue weighted by atomic mass is 10.2. The van der Waals surface area contributed by atoms with Gasteiger partial charge in [0.15, 0.2) is 11.5 Å². The minimum absolute atomic E-state index is 0.113. The molecule has 0 aromatic heterocycles. The number of benzene rings is 2. The van der Waals surface area contributed by atoms with Crippen molar-refractivity contribution in [2.75, 3.05) is 32.6 Å². The number of nitrogens with zero attached hydrogens (tertiary/aromatic N) is 1. The molecule has 3 amide bonds. The Kier molecular flexibility index (Phi) is 6.37. The highest BCUT2D eigenvalue weighted by Crippen LogP contribution is 2.25. The van der Waals surface area contributed by atoms with Gasteiger partial charge in [0.2, 0.25) is 0 Å². The molecule has 0 bridgehead atoms. The van der Waals surface area contributed by atoms with E-state index in [0.29, 0.717) is 41.9 Å². The van der Waals surface area contributed by atoms with Crippen molar-refractivity contribution in [3.05, 3.63) is 54.1 Å². The number of ether oxygens (including phenoxy) is 2. The Morgan fingerprint density at radius 3 is 2.39 bits per heavy atom. The van der Waals surface area contributed by atoms with Gasteiger partial charge in [-0.05, 0) is 49.2 Å². The number of para-hydroxylation sites is 2. The molecular weight excluding hydrogens is 358 g/mol. The van der Waals surface area contributed by atoms with E-state index in [1.807, 2.05) is 24.3 Å². The molecule has 0 radical (unpaired) electrons. The molecule has 0 aliphatic heterocycles. The quantitative estimate of drug-likeness (QED) is 0.734. The molecule has 148 valence electrons. The topological polar surface area (TPSA) is 79.9 Å². The van der Waals surface area contributed by atoms with Crippen molar-refractivity contribution in [3.63, 3.8) is 0 Å². The summed E-state index contributed by atoms with van der Waals surface area (Å²) in [7, 11) is 3.31. The Balaban J connectivity index is 1.47. The number of anilines is 1. The van der Waals surface area contributed by atoms with E-state index in [-0.39, 0.29) is 11.9 Å². The fourth-order valence-corrected chi connectivity index (χ4v) is 2.63. The van der Waals surface area contributed by atoms with Crippen LogP contribution in [0.1, 0.15) is 23.2 Å². The molecule has 7 heteroatoms. The van der Waals surface area contributed by atoms with Crippen molar-refractivity contribution in [1.29, 1.82) is 0 Å². The number of likely N-dealkylation sites (N-methyl/N-ethyl adjacent to an activating group) is 1. The summed E-state index contributed by atoms with van der Waals surface area (Å²) in [5.41, 5.74) is 1.20. The van der Waals surface area contributed by atoms with Crippen LogP contribution in [0, 0.1) is 0 Å². The van der Waals surface area contributed by atoms with Gasteiger partial charge in [0.05, 0.1) is 13.7 Å². The average molecular weight is 383 g/mol. The largest absolute Gasteiger partial charge is 0.493 e. The number of nitrogens with one attached hydrogen (secondary N) is 2. The Bertz CT molecular complexity index is 819. The van der Waals surface area contributed by atoms with E-state index in [1.165, 1.54) is 0 Å². The van der Waals surface area contributed by atoms with Gasteiger partial charge in [-0.1, -0.05) is 12.1 Å². The van der Waals surface area contributed by atoms with Gasteiger partial charge >= 0.3 is 6.03 Å². The first-order valence-electron chi connectivity index (χ1n) is 9.25. The van der Waals surface area contributed by atoms with Crippen molar-refractivity contribution in [2.45, 2.75) is 18.9 Å². The summed E-state index contributed by atoms with van der Waals surface area (Å²) >= 11 is 0. The summed E-state index contributed by atoms with van der Waals surface area (Å²) < 4.78 is 11.0. The van der Waals surface area contributed by atoms with E-state index in [9.17, 15) is 9.59 Å². The second-order valence-corrected chi connectivity index (χ2v) is 6.68. The molecule has 1 aliphatic carbocycles. The molecule has 1 aliphatic rings. The fourth-order valence-electron chi connectivity index (χ4n) is 2.63. The zero-order valence-corrected chi connectivity index (χ0v) is 16.1. The number of hydrogen-bond donors (Lipinski definition) is 2. The first kappa shape index (κ1) is 19.5. The highest BCUT2D eigenvalue weighted by molar-refractivity contribution is 5.95. The number of hydrogen-bond acceptors (Lipinski definition) is 4. The third-order valence-electron chi connectivity index (χ3n) is 4.40. The highest BCUT2D eigenvalue weighted by Gasteiger charge is 2.23. The molecule has 0 unspecified atom stereocenters. The minimum atomic E-state index is -0.216. The molecule has 0 atom stereocenters. The Labute approximate surface area is 164 Å². The van der Waals surface area contributed by atoms with Gasteiger partial charge in [0.1, 0.15) is 6.61 Å². The van der Waals surface area contributed by atoms with Crippen LogP contribution >= 0.6 is 0 Å². The number of amides is 3. The molecule has 2 N–H and O–H groups in total. The van der Waals surface area contributed by atoms with Crippen LogP contribution in [0.2, 0.25) is 0 Å². The Morgan fingerprint density at radius 2 is 1.75 bits per heavy atom. The summed E-state index contributed by atoms with van der Waals surface area (Å²) in [6, 6.07) is 14.3. The minimum Gasteiger partial charge on any atom is -0.493 e. The van der Waals surface area contributed by atoms with Gasteiger partial charge in [0, 0.05) is 24.3 Å². The fraction of sp³-hybridized carbons (Fsp3) is 0.333. The van der Waals surface area contributed by atoms with Crippen LogP contribution in [0.5, 0.6) is 11.5 Å². The van der Waals surface area contributed by atoms with E-state index in [4.69, 9.17) is 9.47 Å². The van der Waals surface area contributed by atoms with Gasteiger partial charge < -0.3 is 25.0 Å². The second-order valence-electron chi connectivity index (χ2n) is 6.68. The van der Waals surface area contributed by atoms with Crippen molar-refractivity contribution in [2.24, 2.45) is 0 Å². The van der Waals surface area contributed by atoms with Gasteiger partial charge in [-0.25, -0.2) is 4.79 Å². The van der Waals surface area contributed by atoms with Crippen LogP contribution < -0.4 is 20.1 Å². The number of rotatable bonds is 8. The standard InChI is InChI=1S/C21H25N3O4/c1-24(13-14-28-19-6-4-3-5-18(19)27-2)20(25)15-7-9-16(10-8-15)22-21(26)23-17-11-12-17/h3-10,17H,11-14H2,1-2H3,(H2,22,23,26). The average Bonchev–Trinajstić information content (AvgIpc) is 3.52. The molecule has 3 rings (SSSR count). The van der Waals surface area contributed by atoms with Crippen molar-refractivity contribution in [3.8, 4) is 11.5 Å². The summed E-state index contributed by atoms with van der Waals surface area (Å²) in [6.45, 7) is 0.782. The smallest absolute Gasteiger partial charge is 0.319 e. The lowest BCUT2D eigenvalue weighted by molar-refractivity contribution is 0.0773.